The molecular weight excluding hydrogens is 350 g/mol. The minimum absolute atomic E-state index is 0.0490. The van der Waals surface area contributed by atoms with Gasteiger partial charge < -0.3 is 14.4 Å². The molecule has 0 N–H and O–H groups in total. The molecule has 1 aliphatic heterocycles. The fraction of sp³-hybridized carbons (Fsp3) is 0.381. The van der Waals surface area contributed by atoms with Crippen molar-refractivity contribution in [3.63, 3.8) is 0 Å². The van der Waals surface area contributed by atoms with E-state index in [1.165, 1.54) is 0 Å². The maximum atomic E-state index is 12.8. The minimum Gasteiger partial charge on any atom is -0.493 e. The summed E-state index contributed by atoms with van der Waals surface area (Å²) in [6, 6.07) is 13.4. The summed E-state index contributed by atoms with van der Waals surface area (Å²) in [6.45, 7) is 6.85. The van der Waals surface area contributed by atoms with Gasteiger partial charge in [0, 0.05) is 11.6 Å². The van der Waals surface area contributed by atoms with Gasteiger partial charge in [-0.15, -0.1) is 0 Å². The fourth-order valence-corrected chi connectivity index (χ4v) is 3.20. The molecule has 2 aromatic carbocycles. The van der Waals surface area contributed by atoms with E-state index < -0.39 is 5.60 Å². The Kier molecular flexibility index (Phi) is 5.42. The number of carbonyl (C=O) groups excluding carboxylic acids is 1. The van der Waals surface area contributed by atoms with Gasteiger partial charge in [-0.05, 0) is 63.4 Å². The maximum Gasteiger partial charge on any atom is 0.270 e. The highest BCUT2D eigenvalue weighted by atomic mass is 35.5. The Morgan fingerprint density at radius 1 is 1.15 bits per heavy atom. The molecule has 0 spiro atoms. The molecule has 0 aliphatic carbocycles. The van der Waals surface area contributed by atoms with Crippen LogP contribution in [0.25, 0.3) is 0 Å². The average Bonchev–Trinajstić information content (AvgIpc) is 2.60. The lowest BCUT2D eigenvalue weighted by Crippen LogP contribution is -2.52. The van der Waals surface area contributed by atoms with Crippen molar-refractivity contribution in [2.45, 2.75) is 39.2 Å². The number of fused-ring (bicyclic) bond motifs is 1. The van der Waals surface area contributed by atoms with Gasteiger partial charge in [0.25, 0.3) is 5.91 Å². The Labute approximate surface area is 159 Å². The first-order valence-electron chi connectivity index (χ1n) is 8.87. The first-order chi connectivity index (χ1) is 12.4. The second-order valence-corrected chi connectivity index (χ2v) is 7.44. The molecule has 0 radical (unpaired) electrons. The zero-order valence-corrected chi connectivity index (χ0v) is 16.2. The van der Waals surface area contributed by atoms with Crippen LogP contribution in [0, 0.1) is 6.92 Å². The number of halogens is 1. The summed E-state index contributed by atoms with van der Waals surface area (Å²) in [6.07, 6.45) is 1.69. The van der Waals surface area contributed by atoms with Crippen LogP contribution < -0.4 is 14.4 Å². The van der Waals surface area contributed by atoms with Crippen LogP contribution in [0.3, 0.4) is 0 Å². The minimum atomic E-state index is -0.877. The van der Waals surface area contributed by atoms with E-state index in [1.807, 2.05) is 37.3 Å². The largest absolute Gasteiger partial charge is 0.493 e. The van der Waals surface area contributed by atoms with E-state index >= 15 is 0 Å². The molecule has 4 nitrogen and oxygen atoms in total. The van der Waals surface area contributed by atoms with Crippen LogP contribution >= 0.6 is 11.6 Å². The van der Waals surface area contributed by atoms with Crippen molar-refractivity contribution in [1.82, 2.24) is 0 Å². The zero-order chi connectivity index (χ0) is 18.7. The standard InChI is InChI=1S/C21H24ClNO3/c1-15-8-4-5-9-18(15)25-13-7-6-12-23-17-14-16(22)10-11-19(17)26-21(2,3)20(23)24/h4-5,8-11,14H,6-7,12-13H2,1-3H3. The van der Waals surface area contributed by atoms with Gasteiger partial charge in [0.1, 0.15) is 11.5 Å². The number of anilines is 1. The van der Waals surface area contributed by atoms with Crippen molar-refractivity contribution >= 4 is 23.2 Å². The number of aryl methyl sites for hydroxylation is 1. The number of amides is 1. The Morgan fingerprint density at radius 2 is 1.92 bits per heavy atom. The number of unbranched alkanes of at least 4 members (excludes halogenated alkanes) is 1. The third kappa shape index (κ3) is 3.96. The Balaban J connectivity index is 1.61. The smallest absolute Gasteiger partial charge is 0.270 e. The molecule has 1 aliphatic rings. The van der Waals surface area contributed by atoms with Crippen molar-refractivity contribution in [3.8, 4) is 11.5 Å². The monoisotopic (exact) mass is 373 g/mol. The van der Waals surface area contributed by atoms with Crippen LogP contribution in [0.15, 0.2) is 42.5 Å². The van der Waals surface area contributed by atoms with Crippen molar-refractivity contribution < 1.29 is 14.3 Å². The lowest BCUT2D eigenvalue weighted by molar-refractivity contribution is -0.132. The Morgan fingerprint density at radius 3 is 2.69 bits per heavy atom. The summed E-state index contributed by atoms with van der Waals surface area (Å²) in [7, 11) is 0. The van der Waals surface area contributed by atoms with Crippen LogP contribution in [-0.4, -0.2) is 24.7 Å². The van der Waals surface area contributed by atoms with Gasteiger partial charge in [0.15, 0.2) is 5.60 Å². The highest BCUT2D eigenvalue weighted by Gasteiger charge is 2.40. The zero-order valence-electron chi connectivity index (χ0n) is 15.4. The molecule has 3 rings (SSSR count). The van der Waals surface area contributed by atoms with Crippen molar-refractivity contribution in [1.29, 1.82) is 0 Å². The fourth-order valence-electron chi connectivity index (χ4n) is 3.04. The summed E-state index contributed by atoms with van der Waals surface area (Å²) < 4.78 is 11.7. The maximum absolute atomic E-state index is 12.8. The summed E-state index contributed by atoms with van der Waals surface area (Å²) in [4.78, 5) is 14.6. The molecule has 0 atom stereocenters. The number of hydrogen-bond donors (Lipinski definition) is 0. The van der Waals surface area contributed by atoms with Gasteiger partial charge in [-0.1, -0.05) is 29.8 Å². The Hall–Kier alpha value is -2.20. The van der Waals surface area contributed by atoms with E-state index in [-0.39, 0.29) is 5.91 Å². The number of para-hydroxylation sites is 1. The molecule has 5 heteroatoms. The van der Waals surface area contributed by atoms with Gasteiger partial charge in [0.2, 0.25) is 0 Å². The second-order valence-electron chi connectivity index (χ2n) is 7.00. The molecule has 0 unspecified atom stereocenters. The number of nitrogens with zero attached hydrogens (tertiary/aromatic N) is 1. The van der Waals surface area contributed by atoms with E-state index in [0.717, 1.165) is 29.8 Å². The number of hydrogen-bond acceptors (Lipinski definition) is 3. The predicted octanol–water partition coefficient (Wildman–Crippen LogP) is 5.01. The lowest BCUT2D eigenvalue weighted by atomic mass is 10.0. The molecule has 0 bridgehead atoms. The molecule has 138 valence electrons. The van der Waals surface area contributed by atoms with E-state index in [9.17, 15) is 4.79 Å². The third-order valence-electron chi connectivity index (χ3n) is 4.46. The molecule has 1 heterocycles. The highest BCUT2D eigenvalue weighted by Crippen LogP contribution is 2.39. The van der Waals surface area contributed by atoms with E-state index in [4.69, 9.17) is 21.1 Å². The molecule has 1 amide bonds. The second kappa shape index (κ2) is 7.58. The van der Waals surface area contributed by atoms with Crippen molar-refractivity contribution in [2.75, 3.05) is 18.1 Å². The highest BCUT2D eigenvalue weighted by molar-refractivity contribution is 6.31. The topological polar surface area (TPSA) is 38.8 Å². The normalized spacial score (nSPS) is 15.4. The molecule has 0 aromatic heterocycles. The average molecular weight is 374 g/mol. The summed E-state index contributed by atoms with van der Waals surface area (Å²) >= 11 is 6.11. The Bertz CT molecular complexity index is 804. The molecule has 0 saturated carbocycles. The predicted molar refractivity (Wildman–Crippen MR) is 104 cm³/mol. The van der Waals surface area contributed by atoms with Gasteiger partial charge in [-0.2, -0.15) is 0 Å². The van der Waals surface area contributed by atoms with Crippen LogP contribution in [0.4, 0.5) is 5.69 Å². The van der Waals surface area contributed by atoms with Gasteiger partial charge in [0.05, 0.1) is 12.3 Å². The number of benzene rings is 2. The van der Waals surface area contributed by atoms with E-state index in [0.29, 0.717) is 23.9 Å². The van der Waals surface area contributed by atoms with Crippen molar-refractivity contribution in [3.05, 3.63) is 53.1 Å². The molecular formula is C21H24ClNO3. The molecule has 26 heavy (non-hydrogen) atoms. The summed E-state index contributed by atoms with van der Waals surface area (Å²) in [5, 5.41) is 0.591. The molecule has 2 aromatic rings. The molecule has 0 fully saturated rings. The summed E-state index contributed by atoms with van der Waals surface area (Å²) in [5.74, 6) is 1.55. The van der Waals surface area contributed by atoms with Gasteiger partial charge in [-0.25, -0.2) is 0 Å². The first kappa shape index (κ1) is 18.6. The quantitative estimate of drug-likeness (QED) is 0.668. The SMILES string of the molecule is Cc1ccccc1OCCCCN1C(=O)C(C)(C)Oc2ccc(Cl)cc21. The summed E-state index contributed by atoms with van der Waals surface area (Å²) in [5.41, 5.74) is 0.987. The van der Waals surface area contributed by atoms with Crippen LogP contribution in [0.2, 0.25) is 5.02 Å². The number of carbonyl (C=O) groups is 1. The van der Waals surface area contributed by atoms with Crippen molar-refractivity contribution in [2.24, 2.45) is 0 Å². The lowest BCUT2D eigenvalue weighted by Gasteiger charge is -2.39. The first-order valence-corrected chi connectivity index (χ1v) is 9.25. The van der Waals surface area contributed by atoms with Crippen LogP contribution in [0.5, 0.6) is 11.5 Å². The number of rotatable bonds is 6. The third-order valence-corrected chi connectivity index (χ3v) is 4.70. The van der Waals surface area contributed by atoms with E-state index in [1.54, 1.807) is 30.9 Å². The molecule has 0 saturated heterocycles. The van der Waals surface area contributed by atoms with Crippen LogP contribution in [0.1, 0.15) is 32.3 Å². The van der Waals surface area contributed by atoms with Crippen LogP contribution in [-0.2, 0) is 4.79 Å². The van der Waals surface area contributed by atoms with E-state index in [2.05, 4.69) is 0 Å². The van der Waals surface area contributed by atoms with Gasteiger partial charge in [-0.3, -0.25) is 4.79 Å². The number of ether oxygens (including phenoxy) is 2. The van der Waals surface area contributed by atoms with Gasteiger partial charge >= 0.3 is 0 Å².